The summed E-state index contributed by atoms with van der Waals surface area (Å²) < 4.78 is 0. The van der Waals surface area contributed by atoms with Crippen molar-refractivity contribution in [3.8, 4) is 0 Å². The number of para-hydroxylation sites is 1. The van der Waals surface area contributed by atoms with Crippen molar-refractivity contribution in [3.63, 3.8) is 0 Å². The number of nitrogens with one attached hydrogen (secondary N) is 2. The molecule has 40 heavy (non-hydrogen) atoms. The molecule has 0 unspecified atom stereocenters. The van der Waals surface area contributed by atoms with Crippen LogP contribution < -0.4 is 11.0 Å². The van der Waals surface area contributed by atoms with Crippen molar-refractivity contribution in [1.82, 2.24) is 25.0 Å². The molecular formula is C31H34BN5O3. The number of aromatic nitrogens is 3. The van der Waals surface area contributed by atoms with E-state index in [-0.39, 0.29) is 35.6 Å². The Morgan fingerprint density at radius 1 is 1.07 bits per heavy atom. The van der Waals surface area contributed by atoms with Gasteiger partial charge in [0.15, 0.2) is 0 Å². The Balaban J connectivity index is 1.08. The number of carbonyl (C=O) groups excluding carboxylic acids is 2. The second kappa shape index (κ2) is 9.95. The minimum absolute atomic E-state index is 0.0380. The highest BCUT2D eigenvalue weighted by molar-refractivity contribution is 6.38. The maximum absolute atomic E-state index is 13.8. The quantitative estimate of drug-likeness (QED) is 0.383. The number of aromatic amines is 2. The van der Waals surface area contributed by atoms with Gasteiger partial charge in [0.25, 0.3) is 5.56 Å². The van der Waals surface area contributed by atoms with E-state index in [1.807, 2.05) is 46.3 Å². The van der Waals surface area contributed by atoms with Gasteiger partial charge in [-0.2, -0.15) is 5.10 Å². The second-order valence-electron chi connectivity index (χ2n) is 12.1. The molecule has 2 aromatic carbocycles. The summed E-state index contributed by atoms with van der Waals surface area (Å²) in [5.74, 6) is 0.475. The summed E-state index contributed by atoms with van der Waals surface area (Å²) >= 11 is 0. The van der Waals surface area contributed by atoms with Crippen molar-refractivity contribution >= 4 is 46.9 Å². The predicted octanol–water partition coefficient (Wildman–Crippen LogP) is 2.37. The maximum Gasteiger partial charge on any atom is 0.251 e. The first-order valence-electron chi connectivity index (χ1n) is 14.6. The Bertz CT molecular complexity index is 1680. The number of H-pyrrole nitrogens is 2. The van der Waals surface area contributed by atoms with Crippen LogP contribution in [-0.2, 0) is 22.6 Å². The third-order valence-electron chi connectivity index (χ3n) is 9.28. The number of hydrogen-bond acceptors (Lipinski definition) is 4. The van der Waals surface area contributed by atoms with Crippen LogP contribution in [0.25, 0.3) is 21.8 Å². The third-order valence-corrected chi connectivity index (χ3v) is 9.28. The van der Waals surface area contributed by atoms with E-state index in [9.17, 15) is 14.4 Å². The normalized spacial score (nSPS) is 20.2. The van der Waals surface area contributed by atoms with E-state index in [0.717, 1.165) is 57.8 Å². The number of benzene rings is 2. The lowest BCUT2D eigenvalue weighted by Crippen LogP contribution is -2.42. The predicted molar refractivity (Wildman–Crippen MR) is 157 cm³/mol. The van der Waals surface area contributed by atoms with Crippen LogP contribution in [0.1, 0.15) is 54.7 Å². The summed E-state index contributed by atoms with van der Waals surface area (Å²) in [6, 6.07) is 12.0. The number of hydrogen-bond donors (Lipinski definition) is 2. The fourth-order valence-corrected chi connectivity index (χ4v) is 6.83. The molecule has 1 saturated carbocycles. The van der Waals surface area contributed by atoms with E-state index in [4.69, 9.17) is 0 Å². The van der Waals surface area contributed by atoms with Crippen LogP contribution in [-0.4, -0.2) is 64.3 Å². The Hall–Kier alpha value is -3.88. The molecule has 1 saturated heterocycles. The van der Waals surface area contributed by atoms with E-state index in [1.165, 1.54) is 18.4 Å². The molecule has 2 aromatic heterocycles. The number of fused-ring (bicyclic) bond motifs is 4. The summed E-state index contributed by atoms with van der Waals surface area (Å²) in [4.78, 5) is 47.1. The van der Waals surface area contributed by atoms with Crippen molar-refractivity contribution in [2.45, 2.75) is 51.0 Å². The van der Waals surface area contributed by atoms with Crippen LogP contribution in [0.15, 0.2) is 47.4 Å². The highest BCUT2D eigenvalue weighted by Crippen LogP contribution is 2.35. The van der Waals surface area contributed by atoms with Crippen LogP contribution in [0.5, 0.6) is 0 Å². The smallest absolute Gasteiger partial charge is 0.251 e. The lowest BCUT2D eigenvalue weighted by atomic mass is 9.85. The van der Waals surface area contributed by atoms with E-state index in [1.54, 1.807) is 0 Å². The Morgan fingerprint density at radius 2 is 1.88 bits per heavy atom. The Labute approximate surface area is 233 Å². The zero-order chi connectivity index (χ0) is 27.4. The molecule has 9 heteroatoms. The molecule has 2 N–H and O–H groups in total. The number of carbonyl (C=O) groups is 2. The van der Waals surface area contributed by atoms with Gasteiger partial charge in [0, 0.05) is 49.1 Å². The lowest BCUT2D eigenvalue weighted by molar-refractivity contribution is -0.142. The first kappa shape index (κ1) is 25.1. The monoisotopic (exact) mass is 535 g/mol. The van der Waals surface area contributed by atoms with Gasteiger partial charge in [0.2, 0.25) is 11.8 Å². The fraction of sp³-hybridized carbons (Fsp3) is 0.419. The van der Waals surface area contributed by atoms with Gasteiger partial charge in [-0.05, 0) is 72.6 Å². The number of rotatable bonds is 5. The highest BCUT2D eigenvalue weighted by atomic mass is 16.2. The van der Waals surface area contributed by atoms with Gasteiger partial charge >= 0.3 is 0 Å². The van der Waals surface area contributed by atoms with Gasteiger partial charge in [0.1, 0.15) is 7.85 Å². The van der Waals surface area contributed by atoms with E-state index in [0.29, 0.717) is 32.0 Å². The Kier molecular flexibility index (Phi) is 6.25. The molecule has 4 heterocycles. The van der Waals surface area contributed by atoms with Gasteiger partial charge < -0.3 is 14.8 Å². The Morgan fingerprint density at radius 3 is 2.67 bits per heavy atom. The molecule has 0 radical (unpaired) electrons. The molecule has 3 aliphatic rings. The number of pyridine rings is 1. The molecule has 1 atom stereocenters. The highest BCUT2D eigenvalue weighted by Gasteiger charge is 2.36. The summed E-state index contributed by atoms with van der Waals surface area (Å²) in [5, 5.41) is 9.51. The largest absolute Gasteiger partial charge is 0.343 e. The standard InChI is InChI=1S/C31H34BN5O3/c32-26-13-21-11-22(31(40)37(16-18-5-6-18)17-25(21)24-15-33-35-29(24)26)14-28(38)36-9-7-19(8-10-36)23-12-20-3-1-2-4-27(20)34-30(23)39/h1-4,12-13,15,18-19,22H,5-11,14,16-17,32H2,(H,33,35)(H,34,39)/t22-/m0/s1. The molecule has 204 valence electrons. The fourth-order valence-electron chi connectivity index (χ4n) is 6.83. The third kappa shape index (κ3) is 4.61. The van der Waals surface area contributed by atoms with Crippen molar-refractivity contribution in [2.24, 2.45) is 11.8 Å². The number of piperidine rings is 1. The van der Waals surface area contributed by atoms with Crippen LogP contribution in [0.2, 0.25) is 0 Å². The van der Waals surface area contributed by atoms with Crippen molar-refractivity contribution in [1.29, 1.82) is 0 Å². The van der Waals surface area contributed by atoms with Crippen LogP contribution in [0.4, 0.5) is 0 Å². The molecular weight excluding hydrogens is 501 g/mol. The zero-order valence-corrected chi connectivity index (χ0v) is 22.9. The molecule has 1 aliphatic carbocycles. The number of nitrogens with zero attached hydrogens (tertiary/aromatic N) is 3. The van der Waals surface area contributed by atoms with Gasteiger partial charge in [-0.3, -0.25) is 19.5 Å². The molecule has 7 rings (SSSR count). The van der Waals surface area contributed by atoms with Crippen molar-refractivity contribution < 1.29 is 9.59 Å². The van der Waals surface area contributed by atoms with E-state index < -0.39 is 0 Å². The van der Waals surface area contributed by atoms with Crippen LogP contribution >= 0.6 is 0 Å². The summed E-state index contributed by atoms with van der Waals surface area (Å²) in [6.45, 7) is 2.56. The van der Waals surface area contributed by atoms with Crippen LogP contribution in [0.3, 0.4) is 0 Å². The average molecular weight is 535 g/mol. The molecule has 8 nitrogen and oxygen atoms in total. The minimum Gasteiger partial charge on any atom is -0.343 e. The molecule has 4 aromatic rings. The van der Waals surface area contributed by atoms with Gasteiger partial charge in [-0.1, -0.05) is 29.7 Å². The summed E-state index contributed by atoms with van der Waals surface area (Å²) in [7, 11) is 2.07. The topological polar surface area (TPSA) is 102 Å². The average Bonchev–Trinajstić information content (AvgIpc) is 3.66. The summed E-state index contributed by atoms with van der Waals surface area (Å²) in [6.07, 6.45) is 6.51. The second-order valence-corrected chi connectivity index (χ2v) is 12.1. The van der Waals surface area contributed by atoms with E-state index in [2.05, 4.69) is 29.1 Å². The lowest BCUT2D eigenvalue weighted by Gasteiger charge is -2.33. The molecule has 2 aliphatic heterocycles. The van der Waals surface area contributed by atoms with Gasteiger partial charge in [-0.15, -0.1) is 0 Å². The maximum atomic E-state index is 13.8. The summed E-state index contributed by atoms with van der Waals surface area (Å²) in [5.41, 5.74) is 6.08. The van der Waals surface area contributed by atoms with E-state index >= 15 is 0 Å². The van der Waals surface area contributed by atoms with Gasteiger partial charge in [0.05, 0.1) is 17.6 Å². The van der Waals surface area contributed by atoms with Crippen molar-refractivity contribution in [3.05, 3.63) is 69.6 Å². The first-order valence-corrected chi connectivity index (χ1v) is 14.6. The SMILES string of the molecule is Bc1cc2c(c3cn[nH]c13)CN(CC1CC1)C(=O)[C@H](CC(=O)N1CCC(c3cc4ccccc4[nH]c3=O)CC1)C2. The first-order chi connectivity index (χ1) is 19.4. The molecule has 2 amide bonds. The van der Waals surface area contributed by atoms with Crippen molar-refractivity contribution in [2.75, 3.05) is 19.6 Å². The number of likely N-dealkylation sites (tertiary alicyclic amines) is 1. The number of amides is 2. The molecule has 0 spiro atoms. The minimum atomic E-state index is -0.364. The van der Waals surface area contributed by atoms with Crippen LogP contribution in [0, 0.1) is 11.8 Å². The van der Waals surface area contributed by atoms with Gasteiger partial charge in [-0.25, -0.2) is 0 Å². The zero-order valence-electron chi connectivity index (χ0n) is 22.9. The molecule has 0 bridgehead atoms. The molecule has 2 fully saturated rings.